The van der Waals surface area contributed by atoms with E-state index >= 15 is 0 Å². The average molecular weight is 368 g/mol. The summed E-state index contributed by atoms with van der Waals surface area (Å²) in [7, 11) is 0. The van der Waals surface area contributed by atoms with Crippen molar-refractivity contribution in [1.82, 2.24) is 4.90 Å². The van der Waals surface area contributed by atoms with Crippen LogP contribution in [0.5, 0.6) is 5.75 Å². The molecule has 0 bridgehead atoms. The van der Waals surface area contributed by atoms with Crippen molar-refractivity contribution in [2.75, 3.05) is 38.2 Å². The maximum Gasteiger partial charge on any atom is 0.262 e. The summed E-state index contributed by atoms with van der Waals surface area (Å²) >= 11 is 0. The van der Waals surface area contributed by atoms with Gasteiger partial charge in [0.15, 0.2) is 6.61 Å². The second-order valence-electron chi connectivity index (χ2n) is 6.59. The van der Waals surface area contributed by atoms with E-state index in [9.17, 15) is 9.59 Å². The molecular weight excluding hydrogens is 344 g/mol. The summed E-state index contributed by atoms with van der Waals surface area (Å²) in [6.07, 6.45) is 0. The predicted octanol–water partition coefficient (Wildman–Crippen LogP) is 2.79. The van der Waals surface area contributed by atoms with Gasteiger partial charge in [-0.15, -0.1) is 0 Å². The second kappa shape index (κ2) is 8.68. The number of rotatable bonds is 5. The van der Waals surface area contributed by atoms with Crippen LogP contribution in [0.1, 0.15) is 21.5 Å². The molecule has 2 aromatic rings. The minimum atomic E-state index is -0.247. The highest BCUT2D eigenvalue weighted by Crippen LogP contribution is 2.19. The van der Waals surface area contributed by atoms with E-state index in [-0.39, 0.29) is 18.4 Å². The summed E-state index contributed by atoms with van der Waals surface area (Å²) in [5, 5.41) is 2.78. The monoisotopic (exact) mass is 368 g/mol. The zero-order chi connectivity index (χ0) is 19.2. The number of ether oxygens (including phenoxy) is 2. The van der Waals surface area contributed by atoms with Gasteiger partial charge in [-0.25, -0.2) is 0 Å². The maximum absolute atomic E-state index is 12.4. The first-order valence-electron chi connectivity index (χ1n) is 9.00. The summed E-state index contributed by atoms with van der Waals surface area (Å²) in [6, 6.07) is 12.8. The second-order valence-corrected chi connectivity index (χ2v) is 6.59. The third-order valence-corrected chi connectivity index (χ3v) is 4.42. The zero-order valence-corrected chi connectivity index (χ0v) is 15.7. The molecule has 3 rings (SSSR count). The first-order chi connectivity index (χ1) is 13.0. The normalized spacial score (nSPS) is 13.9. The van der Waals surface area contributed by atoms with Gasteiger partial charge in [0.25, 0.3) is 11.8 Å². The largest absolute Gasteiger partial charge is 0.483 e. The molecule has 2 aromatic carbocycles. The Labute approximate surface area is 159 Å². The molecule has 0 atom stereocenters. The number of hydrogen-bond donors (Lipinski definition) is 1. The Morgan fingerprint density at radius 1 is 1.07 bits per heavy atom. The molecule has 1 N–H and O–H groups in total. The number of carbonyl (C=O) groups excluding carboxylic acids is 2. The van der Waals surface area contributed by atoms with Crippen molar-refractivity contribution in [2.45, 2.75) is 13.8 Å². The number of amides is 2. The fourth-order valence-corrected chi connectivity index (χ4v) is 2.85. The van der Waals surface area contributed by atoms with Crippen LogP contribution in [0.2, 0.25) is 0 Å². The van der Waals surface area contributed by atoms with E-state index in [0.717, 1.165) is 11.1 Å². The lowest BCUT2D eigenvalue weighted by molar-refractivity contribution is -0.118. The van der Waals surface area contributed by atoms with Crippen molar-refractivity contribution in [3.05, 3.63) is 59.2 Å². The highest BCUT2D eigenvalue weighted by atomic mass is 16.5. The highest BCUT2D eigenvalue weighted by Gasteiger charge is 2.18. The van der Waals surface area contributed by atoms with Gasteiger partial charge in [-0.2, -0.15) is 0 Å². The van der Waals surface area contributed by atoms with E-state index in [1.54, 1.807) is 29.2 Å². The van der Waals surface area contributed by atoms with E-state index in [1.807, 2.05) is 32.0 Å². The van der Waals surface area contributed by atoms with Crippen molar-refractivity contribution < 1.29 is 19.1 Å². The van der Waals surface area contributed by atoms with Crippen LogP contribution in [-0.2, 0) is 9.53 Å². The van der Waals surface area contributed by atoms with E-state index in [1.165, 1.54) is 0 Å². The number of morpholine rings is 1. The lowest BCUT2D eigenvalue weighted by Gasteiger charge is -2.26. The van der Waals surface area contributed by atoms with Gasteiger partial charge >= 0.3 is 0 Å². The summed E-state index contributed by atoms with van der Waals surface area (Å²) in [6.45, 7) is 6.20. The fraction of sp³-hybridized carbons (Fsp3) is 0.333. The van der Waals surface area contributed by atoms with Crippen LogP contribution in [0.15, 0.2) is 42.5 Å². The van der Waals surface area contributed by atoms with E-state index in [2.05, 4.69) is 5.32 Å². The van der Waals surface area contributed by atoms with Crippen LogP contribution in [0.25, 0.3) is 0 Å². The lowest BCUT2D eigenvalue weighted by atomic mass is 10.1. The van der Waals surface area contributed by atoms with E-state index < -0.39 is 0 Å². The lowest BCUT2D eigenvalue weighted by Crippen LogP contribution is -2.40. The number of carbonyl (C=O) groups is 2. The minimum Gasteiger partial charge on any atom is -0.483 e. The Bertz CT molecular complexity index is 811. The molecule has 0 spiro atoms. The van der Waals surface area contributed by atoms with Gasteiger partial charge in [0.2, 0.25) is 0 Å². The smallest absolute Gasteiger partial charge is 0.262 e. The molecule has 1 saturated heterocycles. The van der Waals surface area contributed by atoms with Gasteiger partial charge in [0, 0.05) is 24.3 Å². The molecule has 1 heterocycles. The van der Waals surface area contributed by atoms with Gasteiger partial charge in [-0.3, -0.25) is 9.59 Å². The van der Waals surface area contributed by atoms with Crippen molar-refractivity contribution in [2.24, 2.45) is 0 Å². The summed E-state index contributed by atoms with van der Waals surface area (Å²) in [5.41, 5.74) is 3.29. The van der Waals surface area contributed by atoms with Crippen LogP contribution in [0, 0.1) is 13.8 Å². The quantitative estimate of drug-likeness (QED) is 0.881. The molecule has 0 aromatic heterocycles. The number of benzene rings is 2. The molecule has 1 aliphatic heterocycles. The molecule has 0 unspecified atom stereocenters. The molecule has 0 saturated carbocycles. The van der Waals surface area contributed by atoms with Crippen molar-refractivity contribution >= 4 is 17.5 Å². The molecule has 2 amide bonds. The average Bonchev–Trinajstić information content (AvgIpc) is 2.69. The Morgan fingerprint density at radius 2 is 1.78 bits per heavy atom. The number of nitrogens with one attached hydrogen (secondary N) is 1. The number of aryl methyl sites for hydroxylation is 2. The Kier molecular flexibility index (Phi) is 6.08. The molecule has 1 aliphatic rings. The van der Waals surface area contributed by atoms with Gasteiger partial charge in [-0.05, 0) is 55.3 Å². The first kappa shape index (κ1) is 18.9. The van der Waals surface area contributed by atoms with Crippen molar-refractivity contribution in [3.63, 3.8) is 0 Å². The van der Waals surface area contributed by atoms with Gasteiger partial charge < -0.3 is 19.7 Å². The molecule has 6 heteroatoms. The third-order valence-electron chi connectivity index (χ3n) is 4.42. The molecule has 0 radical (unpaired) electrons. The van der Waals surface area contributed by atoms with Crippen LogP contribution in [-0.4, -0.2) is 49.6 Å². The highest BCUT2D eigenvalue weighted by molar-refractivity contribution is 5.96. The summed E-state index contributed by atoms with van der Waals surface area (Å²) in [4.78, 5) is 26.3. The molecule has 142 valence electrons. The van der Waals surface area contributed by atoms with Crippen molar-refractivity contribution in [1.29, 1.82) is 0 Å². The topological polar surface area (TPSA) is 67.9 Å². The van der Waals surface area contributed by atoms with Crippen LogP contribution >= 0.6 is 0 Å². The number of hydrogen-bond acceptors (Lipinski definition) is 4. The van der Waals surface area contributed by atoms with Crippen LogP contribution in [0.3, 0.4) is 0 Å². The number of nitrogens with zero attached hydrogens (tertiary/aromatic N) is 1. The minimum absolute atomic E-state index is 0.0190. The molecule has 0 aliphatic carbocycles. The van der Waals surface area contributed by atoms with E-state index in [4.69, 9.17) is 9.47 Å². The number of anilines is 1. The Balaban J connectivity index is 1.53. The van der Waals surface area contributed by atoms with Gasteiger partial charge in [0.1, 0.15) is 5.75 Å². The predicted molar refractivity (Wildman–Crippen MR) is 103 cm³/mol. The molecule has 27 heavy (non-hydrogen) atoms. The van der Waals surface area contributed by atoms with Gasteiger partial charge in [-0.1, -0.05) is 12.1 Å². The standard InChI is InChI=1S/C21H24N2O4/c1-15-3-4-16(2)19(13-15)27-14-20(24)22-18-7-5-17(6-8-18)21(25)23-9-11-26-12-10-23/h3-8,13H,9-12,14H2,1-2H3,(H,22,24). The molecule has 6 nitrogen and oxygen atoms in total. The molecular formula is C21H24N2O4. The third kappa shape index (κ3) is 5.08. The summed E-state index contributed by atoms with van der Waals surface area (Å²) < 4.78 is 10.9. The zero-order valence-electron chi connectivity index (χ0n) is 15.7. The van der Waals surface area contributed by atoms with Gasteiger partial charge in [0.05, 0.1) is 13.2 Å². The Morgan fingerprint density at radius 3 is 2.48 bits per heavy atom. The van der Waals surface area contributed by atoms with Crippen LogP contribution < -0.4 is 10.1 Å². The van der Waals surface area contributed by atoms with E-state index in [0.29, 0.717) is 43.3 Å². The fourth-order valence-electron chi connectivity index (χ4n) is 2.85. The SMILES string of the molecule is Cc1ccc(C)c(OCC(=O)Nc2ccc(C(=O)N3CCOCC3)cc2)c1. The maximum atomic E-state index is 12.4. The summed E-state index contributed by atoms with van der Waals surface area (Å²) in [5.74, 6) is 0.439. The van der Waals surface area contributed by atoms with Crippen molar-refractivity contribution in [3.8, 4) is 5.75 Å². The van der Waals surface area contributed by atoms with Crippen LogP contribution in [0.4, 0.5) is 5.69 Å². The molecule has 1 fully saturated rings. The Hall–Kier alpha value is -2.86. The first-order valence-corrected chi connectivity index (χ1v) is 9.00.